The van der Waals surface area contributed by atoms with E-state index in [1.54, 1.807) is 6.20 Å². The molecule has 1 aromatic carbocycles. The Kier molecular flexibility index (Phi) is 4.88. The normalized spacial score (nSPS) is 20.8. The zero-order chi connectivity index (χ0) is 14.5. The number of ether oxygens (including phenoxy) is 2. The smallest absolute Gasteiger partial charge is 0.214 e. The fourth-order valence-corrected chi connectivity index (χ4v) is 2.76. The van der Waals surface area contributed by atoms with Crippen LogP contribution in [0.4, 0.5) is 0 Å². The van der Waals surface area contributed by atoms with E-state index in [1.807, 2.05) is 30.3 Å². The summed E-state index contributed by atoms with van der Waals surface area (Å²) in [6.45, 7) is 1.50. The van der Waals surface area contributed by atoms with Gasteiger partial charge in [0.2, 0.25) is 5.88 Å². The van der Waals surface area contributed by atoms with Crippen molar-refractivity contribution in [1.29, 1.82) is 0 Å². The first-order valence-corrected chi connectivity index (χ1v) is 7.99. The van der Waals surface area contributed by atoms with Crippen molar-refractivity contribution in [2.24, 2.45) is 5.92 Å². The average Bonchev–Trinajstić information content (AvgIpc) is 2.46. The highest BCUT2D eigenvalue weighted by Crippen LogP contribution is 2.31. The molecule has 0 radical (unpaired) electrons. The van der Waals surface area contributed by atoms with Gasteiger partial charge < -0.3 is 9.47 Å². The Balaban J connectivity index is 1.35. The number of rotatable bonds is 6. The second-order valence-electron chi connectivity index (χ2n) is 5.39. The lowest BCUT2D eigenvalue weighted by Crippen LogP contribution is -2.36. The van der Waals surface area contributed by atoms with Gasteiger partial charge in [0.1, 0.15) is 6.10 Å². The summed E-state index contributed by atoms with van der Waals surface area (Å²) in [5, 5.41) is 0. The van der Waals surface area contributed by atoms with Gasteiger partial charge in [0.15, 0.2) is 0 Å². The first-order chi connectivity index (χ1) is 10.3. The van der Waals surface area contributed by atoms with Crippen LogP contribution in [0.1, 0.15) is 18.4 Å². The van der Waals surface area contributed by atoms with Crippen molar-refractivity contribution < 1.29 is 9.47 Å². The fraction of sp³-hybridized carbons (Fsp3) is 0.353. The molecule has 3 rings (SSSR count). The molecule has 0 amide bonds. The minimum atomic E-state index is 0.275. The maximum absolute atomic E-state index is 5.83. The molecule has 0 saturated heterocycles. The van der Waals surface area contributed by atoms with E-state index in [-0.39, 0.29) is 6.10 Å². The van der Waals surface area contributed by atoms with Gasteiger partial charge in [0.25, 0.3) is 0 Å². The van der Waals surface area contributed by atoms with Crippen LogP contribution in [-0.4, -0.2) is 17.7 Å². The molecule has 0 unspecified atom stereocenters. The number of nitrogens with zero attached hydrogens (tertiary/aromatic N) is 1. The second kappa shape index (κ2) is 7.05. The highest BCUT2D eigenvalue weighted by Gasteiger charge is 2.31. The molecule has 1 fully saturated rings. The van der Waals surface area contributed by atoms with E-state index in [4.69, 9.17) is 9.47 Å². The molecule has 0 atom stereocenters. The molecule has 21 heavy (non-hydrogen) atoms. The number of halogens is 1. The van der Waals surface area contributed by atoms with E-state index in [0.29, 0.717) is 18.4 Å². The number of pyridine rings is 1. The number of aromatic nitrogens is 1. The zero-order valence-electron chi connectivity index (χ0n) is 11.7. The number of hydrogen-bond donors (Lipinski definition) is 0. The Morgan fingerprint density at radius 1 is 1.14 bits per heavy atom. The summed E-state index contributed by atoms with van der Waals surface area (Å²) in [6, 6.07) is 14.1. The van der Waals surface area contributed by atoms with Gasteiger partial charge >= 0.3 is 0 Å². The Morgan fingerprint density at radius 2 is 1.95 bits per heavy atom. The van der Waals surface area contributed by atoms with Crippen LogP contribution in [0.15, 0.2) is 53.1 Å². The number of hydrogen-bond acceptors (Lipinski definition) is 3. The quantitative estimate of drug-likeness (QED) is 0.783. The van der Waals surface area contributed by atoms with Crippen LogP contribution in [0.3, 0.4) is 0 Å². The predicted molar refractivity (Wildman–Crippen MR) is 85.2 cm³/mol. The maximum atomic E-state index is 5.83. The van der Waals surface area contributed by atoms with Crippen LogP contribution in [0.25, 0.3) is 0 Å². The highest BCUT2D eigenvalue weighted by molar-refractivity contribution is 9.10. The van der Waals surface area contributed by atoms with Crippen molar-refractivity contribution >= 4 is 15.9 Å². The lowest BCUT2D eigenvalue weighted by atomic mass is 9.83. The van der Waals surface area contributed by atoms with E-state index in [0.717, 1.165) is 23.9 Å². The third kappa shape index (κ3) is 4.29. The number of benzene rings is 1. The van der Waals surface area contributed by atoms with Crippen LogP contribution in [0.2, 0.25) is 0 Å². The van der Waals surface area contributed by atoms with E-state index in [9.17, 15) is 0 Å². The highest BCUT2D eigenvalue weighted by atomic mass is 79.9. The molecular formula is C17H18BrNO2. The van der Waals surface area contributed by atoms with Gasteiger partial charge in [0, 0.05) is 16.7 Å². The summed E-state index contributed by atoms with van der Waals surface area (Å²) in [4.78, 5) is 4.20. The Morgan fingerprint density at radius 3 is 2.71 bits per heavy atom. The van der Waals surface area contributed by atoms with Gasteiger partial charge in [-0.25, -0.2) is 4.98 Å². The Bertz CT molecular complexity index is 570. The minimum Gasteiger partial charge on any atom is -0.474 e. The van der Waals surface area contributed by atoms with E-state index < -0.39 is 0 Å². The largest absolute Gasteiger partial charge is 0.474 e. The molecule has 0 bridgehead atoms. The molecule has 3 nitrogen and oxygen atoms in total. The lowest BCUT2D eigenvalue weighted by molar-refractivity contribution is -0.00425. The third-order valence-corrected chi connectivity index (χ3v) is 4.14. The molecule has 4 heteroatoms. The molecule has 1 saturated carbocycles. The summed E-state index contributed by atoms with van der Waals surface area (Å²) in [6.07, 6.45) is 4.11. The lowest BCUT2D eigenvalue weighted by Gasteiger charge is -2.34. The first kappa shape index (κ1) is 14.5. The molecule has 0 aliphatic heterocycles. The standard InChI is InChI=1S/C17H18BrNO2/c18-15-6-7-19-17(10-15)21-16-8-14(9-16)12-20-11-13-4-2-1-3-5-13/h1-7,10,14,16H,8-9,11-12H2. The molecule has 110 valence electrons. The van der Waals surface area contributed by atoms with Gasteiger partial charge in [-0.05, 0) is 30.4 Å². The fourth-order valence-electron chi connectivity index (χ4n) is 2.45. The molecule has 1 aromatic heterocycles. The summed E-state index contributed by atoms with van der Waals surface area (Å²) in [5.74, 6) is 1.30. The summed E-state index contributed by atoms with van der Waals surface area (Å²) in [5.41, 5.74) is 1.22. The van der Waals surface area contributed by atoms with Crippen LogP contribution >= 0.6 is 15.9 Å². The monoisotopic (exact) mass is 347 g/mol. The van der Waals surface area contributed by atoms with Crippen LogP contribution < -0.4 is 4.74 Å². The minimum absolute atomic E-state index is 0.275. The maximum Gasteiger partial charge on any atom is 0.214 e. The van der Waals surface area contributed by atoms with Gasteiger partial charge in [-0.15, -0.1) is 0 Å². The Hall–Kier alpha value is -1.39. The van der Waals surface area contributed by atoms with Gasteiger partial charge in [-0.2, -0.15) is 0 Å². The third-order valence-electron chi connectivity index (χ3n) is 3.64. The van der Waals surface area contributed by atoms with Gasteiger partial charge in [-0.1, -0.05) is 46.3 Å². The van der Waals surface area contributed by atoms with Gasteiger partial charge in [-0.3, -0.25) is 0 Å². The van der Waals surface area contributed by atoms with Crippen molar-refractivity contribution in [1.82, 2.24) is 4.98 Å². The molecule has 1 aliphatic carbocycles. The average molecular weight is 348 g/mol. The predicted octanol–water partition coefficient (Wildman–Crippen LogP) is 4.22. The first-order valence-electron chi connectivity index (χ1n) is 7.19. The Labute approximate surface area is 133 Å². The van der Waals surface area contributed by atoms with Crippen molar-refractivity contribution in [3.63, 3.8) is 0 Å². The zero-order valence-corrected chi connectivity index (χ0v) is 13.3. The van der Waals surface area contributed by atoms with E-state index in [2.05, 4.69) is 33.0 Å². The van der Waals surface area contributed by atoms with Crippen molar-refractivity contribution in [3.05, 3.63) is 58.7 Å². The molecule has 0 N–H and O–H groups in total. The molecule has 1 aliphatic rings. The van der Waals surface area contributed by atoms with Crippen molar-refractivity contribution in [2.45, 2.75) is 25.6 Å². The van der Waals surface area contributed by atoms with Crippen LogP contribution in [0, 0.1) is 5.92 Å². The van der Waals surface area contributed by atoms with Crippen molar-refractivity contribution in [3.8, 4) is 5.88 Å². The molecule has 0 spiro atoms. The molecule has 2 aromatic rings. The van der Waals surface area contributed by atoms with Crippen molar-refractivity contribution in [2.75, 3.05) is 6.61 Å². The molecular weight excluding hydrogens is 330 g/mol. The van der Waals surface area contributed by atoms with E-state index in [1.165, 1.54) is 5.56 Å². The van der Waals surface area contributed by atoms with E-state index >= 15 is 0 Å². The van der Waals surface area contributed by atoms with Crippen LogP contribution in [0.5, 0.6) is 5.88 Å². The summed E-state index contributed by atoms with van der Waals surface area (Å²) in [7, 11) is 0. The van der Waals surface area contributed by atoms with Crippen LogP contribution in [-0.2, 0) is 11.3 Å². The van der Waals surface area contributed by atoms with Gasteiger partial charge in [0.05, 0.1) is 13.2 Å². The summed E-state index contributed by atoms with van der Waals surface area (Å²) < 4.78 is 12.6. The SMILES string of the molecule is Brc1ccnc(OC2CC(COCc3ccccc3)C2)c1. The second-order valence-corrected chi connectivity index (χ2v) is 6.31. The topological polar surface area (TPSA) is 31.4 Å². The summed E-state index contributed by atoms with van der Waals surface area (Å²) >= 11 is 3.42. The molecule has 1 heterocycles.